The highest BCUT2D eigenvalue weighted by atomic mass is 19.4. The summed E-state index contributed by atoms with van der Waals surface area (Å²) in [6, 6.07) is 15.1. The van der Waals surface area contributed by atoms with Crippen LogP contribution in [-0.4, -0.2) is 38.4 Å². The predicted molar refractivity (Wildman–Crippen MR) is 125 cm³/mol. The Labute approximate surface area is 203 Å². The second-order valence-electron chi connectivity index (χ2n) is 8.64. The van der Waals surface area contributed by atoms with Gasteiger partial charge in [0.05, 0.1) is 10.5 Å². The second-order valence-corrected chi connectivity index (χ2v) is 8.64. The van der Waals surface area contributed by atoms with Gasteiger partial charge >= 0.3 is 6.18 Å². The van der Waals surface area contributed by atoms with E-state index in [0.717, 1.165) is 12.3 Å². The fraction of sp³-hybridized carbons (Fsp3) is 0.240. The van der Waals surface area contributed by atoms with Crippen LogP contribution < -0.4 is 4.90 Å². The molecule has 1 atom stereocenters. The number of hydrogen-bond donors (Lipinski definition) is 0. The number of carbonyl (C=O) groups is 1. The van der Waals surface area contributed by atoms with Gasteiger partial charge in [0.2, 0.25) is 0 Å². The summed E-state index contributed by atoms with van der Waals surface area (Å²) in [4.78, 5) is 26.0. The van der Waals surface area contributed by atoms with Crippen LogP contribution in [0.3, 0.4) is 0 Å². The van der Waals surface area contributed by atoms with Crippen LogP contribution in [0.5, 0.6) is 0 Å². The molecule has 0 aliphatic carbocycles. The quantitative estimate of drug-likeness (QED) is 0.213. The van der Waals surface area contributed by atoms with Crippen LogP contribution in [-0.2, 0) is 6.18 Å². The zero-order valence-corrected chi connectivity index (χ0v) is 18.9. The lowest BCUT2D eigenvalue weighted by Crippen LogP contribution is -2.35. The van der Waals surface area contributed by atoms with Crippen molar-refractivity contribution >= 4 is 22.8 Å². The van der Waals surface area contributed by atoms with E-state index >= 15 is 0 Å². The number of carbonyl (C=O) groups excluding carboxylic acids is 1. The third kappa shape index (κ3) is 4.39. The lowest BCUT2D eigenvalue weighted by Gasteiger charge is -2.33. The Balaban J connectivity index is 1.46. The number of alkyl halides is 3. The molecule has 11 heteroatoms. The van der Waals surface area contributed by atoms with E-state index in [2.05, 4.69) is 10.2 Å². The average Bonchev–Trinajstić information content (AvgIpc) is 3.31. The number of pyridine rings is 1. The van der Waals surface area contributed by atoms with Gasteiger partial charge in [-0.2, -0.15) is 13.2 Å². The SMILES string of the molecule is O=C(c1ccccc1)c1ccc(N2CCC[C@H](c3nnc4ccc(C(F)(F)F)cn34)C2)c([N+](=O)[O-])c1. The molecule has 5 rings (SSSR count). The molecule has 0 N–H and O–H groups in total. The Morgan fingerprint density at radius 3 is 2.53 bits per heavy atom. The predicted octanol–water partition coefficient (Wildman–Crippen LogP) is 5.27. The number of fused-ring (bicyclic) bond motifs is 1. The van der Waals surface area contributed by atoms with Gasteiger partial charge in [0, 0.05) is 42.4 Å². The molecule has 3 heterocycles. The highest BCUT2D eigenvalue weighted by Crippen LogP contribution is 2.36. The number of nitro benzene ring substituents is 1. The minimum absolute atomic E-state index is 0.202. The Hall–Kier alpha value is -4.28. The van der Waals surface area contributed by atoms with Crippen molar-refractivity contribution < 1.29 is 22.9 Å². The maximum Gasteiger partial charge on any atom is 0.417 e. The van der Waals surface area contributed by atoms with Crippen LogP contribution in [0, 0.1) is 10.1 Å². The largest absolute Gasteiger partial charge is 0.417 e. The molecule has 4 aromatic rings. The summed E-state index contributed by atoms with van der Waals surface area (Å²) < 4.78 is 41.1. The van der Waals surface area contributed by atoms with Crippen molar-refractivity contribution in [2.75, 3.05) is 18.0 Å². The van der Waals surface area contributed by atoms with Gasteiger partial charge in [-0.3, -0.25) is 19.3 Å². The molecular formula is C25H20F3N5O3. The monoisotopic (exact) mass is 495 g/mol. The third-order valence-electron chi connectivity index (χ3n) is 6.35. The number of nitrogens with zero attached hydrogens (tertiary/aromatic N) is 5. The lowest BCUT2D eigenvalue weighted by molar-refractivity contribution is -0.384. The number of halogens is 3. The van der Waals surface area contributed by atoms with E-state index in [1.807, 2.05) is 4.90 Å². The molecule has 1 saturated heterocycles. The number of anilines is 1. The van der Waals surface area contributed by atoms with Gasteiger partial charge in [-0.05, 0) is 37.1 Å². The van der Waals surface area contributed by atoms with Crippen molar-refractivity contribution in [2.45, 2.75) is 24.9 Å². The van der Waals surface area contributed by atoms with Crippen LogP contribution in [0.4, 0.5) is 24.5 Å². The van der Waals surface area contributed by atoms with Crippen molar-refractivity contribution in [3.8, 4) is 0 Å². The van der Waals surface area contributed by atoms with E-state index in [4.69, 9.17) is 0 Å². The fourth-order valence-corrected chi connectivity index (χ4v) is 4.60. The van der Waals surface area contributed by atoms with Gasteiger partial charge in [0.1, 0.15) is 11.5 Å². The first kappa shape index (κ1) is 23.5. The number of nitro groups is 1. The van der Waals surface area contributed by atoms with Gasteiger partial charge in [-0.15, -0.1) is 10.2 Å². The van der Waals surface area contributed by atoms with Gasteiger partial charge < -0.3 is 4.90 Å². The molecule has 2 aromatic heterocycles. The summed E-state index contributed by atoms with van der Waals surface area (Å²) in [5.41, 5.74) is 0.257. The molecule has 1 aliphatic heterocycles. The van der Waals surface area contributed by atoms with E-state index in [1.165, 1.54) is 16.5 Å². The molecule has 0 amide bonds. The molecule has 0 unspecified atom stereocenters. The van der Waals surface area contributed by atoms with Crippen LogP contribution in [0.15, 0.2) is 66.9 Å². The number of benzene rings is 2. The Bertz CT molecular complexity index is 1450. The maximum absolute atomic E-state index is 13.2. The normalized spacial score (nSPS) is 16.3. The topological polar surface area (TPSA) is 93.6 Å². The van der Waals surface area contributed by atoms with Gasteiger partial charge in [0.15, 0.2) is 11.4 Å². The van der Waals surface area contributed by atoms with E-state index in [-0.39, 0.29) is 23.0 Å². The zero-order valence-electron chi connectivity index (χ0n) is 18.9. The van der Waals surface area contributed by atoms with Crippen molar-refractivity contribution in [2.24, 2.45) is 0 Å². The summed E-state index contributed by atoms with van der Waals surface area (Å²) in [7, 11) is 0. The lowest BCUT2D eigenvalue weighted by atomic mass is 9.95. The van der Waals surface area contributed by atoms with Crippen LogP contribution >= 0.6 is 0 Å². The standard InChI is InChI=1S/C25H20F3N5O3/c26-25(27,28)19-9-11-22-29-30-24(32(22)15-19)18-7-4-12-31(14-18)20-10-8-17(13-21(20)33(35)36)23(34)16-5-2-1-3-6-16/h1-3,5-6,8-11,13,15,18H,4,7,12,14H2/t18-/m0/s1. The minimum atomic E-state index is -4.51. The highest BCUT2D eigenvalue weighted by molar-refractivity contribution is 6.09. The number of piperidine rings is 1. The average molecular weight is 495 g/mol. The van der Waals surface area contributed by atoms with E-state index in [9.17, 15) is 28.1 Å². The molecule has 36 heavy (non-hydrogen) atoms. The molecule has 2 aromatic carbocycles. The fourth-order valence-electron chi connectivity index (χ4n) is 4.60. The molecule has 1 fully saturated rings. The number of rotatable bonds is 5. The molecule has 184 valence electrons. The zero-order chi connectivity index (χ0) is 25.4. The van der Waals surface area contributed by atoms with Crippen molar-refractivity contribution in [1.29, 1.82) is 0 Å². The first-order valence-electron chi connectivity index (χ1n) is 11.3. The number of aromatic nitrogens is 3. The number of hydrogen-bond acceptors (Lipinski definition) is 6. The van der Waals surface area contributed by atoms with E-state index in [0.29, 0.717) is 48.7 Å². The Morgan fingerprint density at radius 1 is 1.03 bits per heavy atom. The van der Waals surface area contributed by atoms with E-state index < -0.39 is 16.7 Å². The summed E-state index contributed by atoms with van der Waals surface area (Å²) in [6.07, 6.45) is -2.23. The van der Waals surface area contributed by atoms with Crippen LogP contribution in [0.1, 0.15) is 46.1 Å². The Kier molecular flexibility index (Phi) is 5.91. The number of ketones is 1. The molecule has 1 aliphatic rings. The summed E-state index contributed by atoms with van der Waals surface area (Å²) in [5, 5.41) is 20.1. The molecule has 0 spiro atoms. The summed E-state index contributed by atoms with van der Waals surface area (Å²) in [5.74, 6) is -0.237. The van der Waals surface area contributed by atoms with Crippen molar-refractivity contribution in [3.63, 3.8) is 0 Å². The summed E-state index contributed by atoms with van der Waals surface area (Å²) in [6.45, 7) is 0.831. The van der Waals surface area contributed by atoms with Crippen molar-refractivity contribution in [1.82, 2.24) is 14.6 Å². The third-order valence-corrected chi connectivity index (χ3v) is 6.35. The van der Waals surface area contributed by atoms with Gasteiger partial charge in [-0.25, -0.2) is 0 Å². The first-order valence-corrected chi connectivity index (χ1v) is 11.3. The Morgan fingerprint density at radius 2 is 1.81 bits per heavy atom. The molecule has 0 bridgehead atoms. The molecule has 0 radical (unpaired) electrons. The molecule has 8 nitrogen and oxygen atoms in total. The van der Waals surface area contributed by atoms with Crippen LogP contribution in [0.25, 0.3) is 5.65 Å². The highest BCUT2D eigenvalue weighted by Gasteiger charge is 2.33. The second kappa shape index (κ2) is 9.06. The molecular weight excluding hydrogens is 475 g/mol. The van der Waals surface area contributed by atoms with Crippen molar-refractivity contribution in [3.05, 3.63) is 99.5 Å². The van der Waals surface area contributed by atoms with Gasteiger partial charge in [0.25, 0.3) is 5.69 Å². The maximum atomic E-state index is 13.2. The molecule has 0 saturated carbocycles. The van der Waals surface area contributed by atoms with Crippen LogP contribution in [0.2, 0.25) is 0 Å². The first-order chi connectivity index (χ1) is 17.2. The minimum Gasteiger partial charge on any atom is -0.365 e. The van der Waals surface area contributed by atoms with Gasteiger partial charge in [-0.1, -0.05) is 30.3 Å². The smallest absolute Gasteiger partial charge is 0.365 e. The van der Waals surface area contributed by atoms with E-state index in [1.54, 1.807) is 42.5 Å². The summed E-state index contributed by atoms with van der Waals surface area (Å²) >= 11 is 0.